The summed E-state index contributed by atoms with van der Waals surface area (Å²) in [5.41, 5.74) is -0.0657. The second-order valence-electron chi connectivity index (χ2n) is 4.98. The molecule has 0 amide bonds. The van der Waals surface area contributed by atoms with Crippen molar-refractivity contribution in [2.45, 2.75) is 51.4 Å². The van der Waals surface area contributed by atoms with Gasteiger partial charge in [-0.15, -0.1) is 0 Å². The summed E-state index contributed by atoms with van der Waals surface area (Å²) in [5.74, 6) is 0.852. The van der Waals surface area contributed by atoms with Crippen molar-refractivity contribution in [2.24, 2.45) is 11.3 Å². The monoisotopic (exact) mass is 196 g/mol. The van der Waals surface area contributed by atoms with Crippen LogP contribution in [-0.2, 0) is 9.53 Å². The summed E-state index contributed by atoms with van der Waals surface area (Å²) in [6.07, 6.45) is 9.83. The van der Waals surface area contributed by atoms with E-state index >= 15 is 0 Å². The Morgan fingerprint density at radius 3 is 2.36 bits per heavy atom. The van der Waals surface area contributed by atoms with Crippen molar-refractivity contribution in [3.63, 3.8) is 0 Å². The van der Waals surface area contributed by atoms with Crippen molar-refractivity contribution in [3.8, 4) is 0 Å². The Morgan fingerprint density at radius 2 is 1.93 bits per heavy atom. The molecule has 2 nitrogen and oxygen atoms in total. The van der Waals surface area contributed by atoms with E-state index in [-0.39, 0.29) is 11.4 Å². The van der Waals surface area contributed by atoms with E-state index < -0.39 is 0 Å². The molecular weight excluding hydrogens is 176 g/mol. The second kappa shape index (κ2) is 3.92. The first kappa shape index (κ1) is 10.0. The van der Waals surface area contributed by atoms with Gasteiger partial charge in [0.05, 0.1) is 12.5 Å². The highest BCUT2D eigenvalue weighted by Gasteiger charge is 2.46. The topological polar surface area (TPSA) is 26.3 Å². The molecule has 0 heterocycles. The van der Waals surface area contributed by atoms with Gasteiger partial charge in [-0.3, -0.25) is 4.79 Å². The summed E-state index contributed by atoms with van der Waals surface area (Å²) in [4.78, 5) is 11.7. The maximum Gasteiger partial charge on any atom is 0.311 e. The molecule has 2 aliphatic rings. The van der Waals surface area contributed by atoms with Crippen molar-refractivity contribution >= 4 is 5.97 Å². The molecule has 0 aromatic rings. The Morgan fingerprint density at radius 1 is 1.29 bits per heavy atom. The number of esters is 1. The maximum atomic E-state index is 11.7. The molecule has 0 atom stereocenters. The van der Waals surface area contributed by atoms with Crippen molar-refractivity contribution in [2.75, 3.05) is 7.11 Å². The predicted octanol–water partition coefficient (Wildman–Crippen LogP) is 2.91. The Balaban J connectivity index is 1.94. The van der Waals surface area contributed by atoms with E-state index in [1.165, 1.54) is 39.2 Å². The molecule has 0 aromatic carbocycles. The molecule has 0 aromatic heterocycles. The fourth-order valence-electron chi connectivity index (χ4n) is 3.08. The van der Waals surface area contributed by atoms with Gasteiger partial charge in [0.25, 0.3) is 0 Å². The standard InChI is InChI=1S/C12H20O2/c1-14-11(13)12(7-4-8-12)9-10-5-2-3-6-10/h10H,2-9H2,1H3. The van der Waals surface area contributed by atoms with Crippen LogP contribution in [0.5, 0.6) is 0 Å². The van der Waals surface area contributed by atoms with Crippen LogP contribution < -0.4 is 0 Å². The molecular formula is C12H20O2. The molecule has 0 saturated heterocycles. The van der Waals surface area contributed by atoms with Crippen LogP contribution in [-0.4, -0.2) is 13.1 Å². The van der Waals surface area contributed by atoms with Gasteiger partial charge in [-0.1, -0.05) is 32.1 Å². The van der Waals surface area contributed by atoms with Gasteiger partial charge in [0.15, 0.2) is 0 Å². The first-order valence-corrected chi connectivity index (χ1v) is 5.85. The number of carbonyl (C=O) groups excluding carboxylic acids is 1. The van der Waals surface area contributed by atoms with E-state index in [9.17, 15) is 4.79 Å². The van der Waals surface area contributed by atoms with Crippen molar-refractivity contribution in [1.82, 2.24) is 0 Å². The lowest BCUT2D eigenvalue weighted by atomic mass is 9.64. The number of hydrogen-bond acceptors (Lipinski definition) is 2. The van der Waals surface area contributed by atoms with Crippen molar-refractivity contribution < 1.29 is 9.53 Å². The maximum absolute atomic E-state index is 11.7. The zero-order chi connectivity index (χ0) is 10.0. The fourth-order valence-corrected chi connectivity index (χ4v) is 3.08. The molecule has 2 saturated carbocycles. The molecule has 2 heteroatoms. The first-order chi connectivity index (χ1) is 6.77. The fraction of sp³-hybridized carbons (Fsp3) is 0.917. The number of methoxy groups -OCH3 is 1. The van der Waals surface area contributed by atoms with E-state index in [1.54, 1.807) is 0 Å². The molecule has 2 fully saturated rings. The summed E-state index contributed by atoms with van der Waals surface area (Å²) in [6.45, 7) is 0. The van der Waals surface area contributed by atoms with Crippen LogP contribution in [0.25, 0.3) is 0 Å². The largest absolute Gasteiger partial charge is 0.469 e. The van der Waals surface area contributed by atoms with Crippen molar-refractivity contribution in [1.29, 1.82) is 0 Å². The van der Waals surface area contributed by atoms with Gasteiger partial charge in [0.1, 0.15) is 0 Å². The summed E-state index contributed by atoms with van der Waals surface area (Å²) in [7, 11) is 1.52. The molecule has 2 aliphatic carbocycles. The van der Waals surface area contributed by atoms with E-state index in [0.717, 1.165) is 25.2 Å². The quantitative estimate of drug-likeness (QED) is 0.649. The van der Waals surface area contributed by atoms with Crippen LogP contribution in [0.4, 0.5) is 0 Å². The van der Waals surface area contributed by atoms with Crippen LogP contribution in [0.1, 0.15) is 51.4 Å². The van der Waals surface area contributed by atoms with E-state index in [4.69, 9.17) is 4.74 Å². The summed E-state index contributed by atoms with van der Waals surface area (Å²) in [5, 5.41) is 0. The zero-order valence-electron chi connectivity index (χ0n) is 9.05. The lowest BCUT2D eigenvalue weighted by Crippen LogP contribution is -2.40. The highest BCUT2D eigenvalue weighted by Crippen LogP contribution is 2.49. The minimum Gasteiger partial charge on any atom is -0.469 e. The first-order valence-electron chi connectivity index (χ1n) is 5.85. The van der Waals surface area contributed by atoms with Crippen molar-refractivity contribution in [3.05, 3.63) is 0 Å². The van der Waals surface area contributed by atoms with E-state index in [0.29, 0.717) is 0 Å². The number of ether oxygens (including phenoxy) is 1. The average molecular weight is 196 g/mol. The van der Waals surface area contributed by atoms with Gasteiger partial charge in [-0.25, -0.2) is 0 Å². The highest BCUT2D eigenvalue weighted by molar-refractivity contribution is 5.77. The van der Waals surface area contributed by atoms with Gasteiger partial charge < -0.3 is 4.74 Å². The molecule has 0 aliphatic heterocycles. The molecule has 0 unspecified atom stereocenters. The zero-order valence-corrected chi connectivity index (χ0v) is 9.05. The van der Waals surface area contributed by atoms with Crippen LogP contribution in [0.3, 0.4) is 0 Å². The lowest BCUT2D eigenvalue weighted by Gasteiger charge is -2.40. The third kappa shape index (κ3) is 1.67. The van der Waals surface area contributed by atoms with Crippen LogP contribution >= 0.6 is 0 Å². The highest BCUT2D eigenvalue weighted by atomic mass is 16.5. The average Bonchev–Trinajstić information content (AvgIpc) is 2.62. The third-order valence-corrected chi connectivity index (χ3v) is 4.08. The van der Waals surface area contributed by atoms with Crippen LogP contribution in [0.2, 0.25) is 0 Å². The summed E-state index contributed by atoms with van der Waals surface area (Å²) >= 11 is 0. The molecule has 2 rings (SSSR count). The third-order valence-electron chi connectivity index (χ3n) is 4.08. The van der Waals surface area contributed by atoms with Crippen LogP contribution in [0, 0.1) is 11.3 Å². The van der Waals surface area contributed by atoms with Gasteiger partial charge in [-0.2, -0.15) is 0 Å². The Bertz CT molecular complexity index is 212. The van der Waals surface area contributed by atoms with Gasteiger partial charge in [0, 0.05) is 0 Å². The molecule has 0 bridgehead atoms. The number of carbonyl (C=O) groups is 1. The molecule has 0 N–H and O–H groups in total. The number of rotatable bonds is 3. The molecule has 80 valence electrons. The Hall–Kier alpha value is -0.530. The molecule has 0 radical (unpaired) electrons. The minimum atomic E-state index is -0.0657. The van der Waals surface area contributed by atoms with Gasteiger partial charge in [-0.05, 0) is 25.2 Å². The Labute approximate surface area is 86.0 Å². The SMILES string of the molecule is COC(=O)C1(CC2CCCC2)CCC1. The lowest BCUT2D eigenvalue weighted by molar-refractivity contribution is -0.160. The molecule has 0 spiro atoms. The smallest absolute Gasteiger partial charge is 0.311 e. The van der Waals surface area contributed by atoms with E-state index in [2.05, 4.69) is 0 Å². The van der Waals surface area contributed by atoms with Crippen LogP contribution in [0.15, 0.2) is 0 Å². The Kier molecular flexibility index (Phi) is 2.80. The second-order valence-corrected chi connectivity index (χ2v) is 4.98. The van der Waals surface area contributed by atoms with Gasteiger partial charge in [0.2, 0.25) is 0 Å². The van der Waals surface area contributed by atoms with Gasteiger partial charge >= 0.3 is 5.97 Å². The summed E-state index contributed by atoms with van der Waals surface area (Å²) in [6, 6.07) is 0. The number of hydrogen-bond donors (Lipinski definition) is 0. The summed E-state index contributed by atoms with van der Waals surface area (Å²) < 4.78 is 4.93. The predicted molar refractivity (Wildman–Crippen MR) is 54.9 cm³/mol. The normalized spacial score (nSPS) is 25.8. The molecule has 14 heavy (non-hydrogen) atoms. The minimum absolute atomic E-state index is 0.0515. The van der Waals surface area contributed by atoms with E-state index in [1.807, 2.05) is 0 Å².